The van der Waals surface area contributed by atoms with E-state index in [1.54, 1.807) is 12.1 Å². The number of aromatic nitrogens is 2. The van der Waals surface area contributed by atoms with E-state index in [-0.39, 0.29) is 0 Å². The third kappa shape index (κ3) is 5.49. The fourth-order valence-corrected chi connectivity index (χ4v) is 1.27. The van der Waals surface area contributed by atoms with Crippen LogP contribution < -0.4 is 0 Å². The molecule has 2 nitrogen and oxygen atoms in total. The number of nitrogens with zero attached hydrogens (tertiary/aromatic N) is 2. The molecule has 0 radical (unpaired) electrons. The van der Waals surface area contributed by atoms with Gasteiger partial charge in [-0.3, -0.25) is 0 Å². The Morgan fingerprint density at radius 2 is 1.59 bits per heavy atom. The summed E-state index contributed by atoms with van der Waals surface area (Å²) < 4.78 is 24.1. The maximum atomic E-state index is 12.1. The molecule has 0 aliphatic carbocycles. The molecule has 0 amide bonds. The zero-order valence-corrected chi connectivity index (χ0v) is 10.8. The Hall–Kier alpha value is -1.36. The van der Waals surface area contributed by atoms with E-state index in [0.717, 1.165) is 16.5 Å². The SMILES string of the molecule is Cc1ccc(F)nc1.Fc1ccc(CBr)cn1. The van der Waals surface area contributed by atoms with Gasteiger partial charge in [0.2, 0.25) is 11.9 Å². The summed E-state index contributed by atoms with van der Waals surface area (Å²) in [6, 6.07) is 6.06. The first-order valence-electron chi connectivity index (χ1n) is 4.86. The molecule has 0 atom stereocenters. The van der Waals surface area contributed by atoms with Crippen LogP contribution in [-0.4, -0.2) is 9.97 Å². The lowest BCUT2D eigenvalue weighted by Crippen LogP contribution is -1.82. The summed E-state index contributed by atoms with van der Waals surface area (Å²) in [5.41, 5.74) is 1.96. The molecule has 2 heterocycles. The van der Waals surface area contributed by atoms with Crippen molar-refractivity contribution in [1.82, 2.24) is 9.97 Å². The predicted molar refractivity (Wildman–Crippen MR) is 65.8 cm³/mol. The van der Waals surface area contributed by atoms with Gasteiger partial charge in [-0.25, -0.2) is 9.97 Å². The fraction of sp³-hybridized carbons (Fsp3) is 0.167. The number of halogens is 3. The Bertz CT molecular complexity index is 422. The van der Waals surface area contributed by atoms with Crippen LogP contribution in [0.2, 0.25) is 0 Å². The van der Waals surface area contributed by atoms with Crippen LogP contribution in [0.4, 0.5) is 8.78 Å². The van der Waals surface area contributed by atoms with Crippen molar-refractivity contribution in [3.05, 3.63) is 59.7 Å². The number of hydrogen-bond donors (Lipinski definition) is 0. The van der Waals surface area contributed by atoms with Gasteiger partial charge in [0.25, 0.3) is 0 Å². The van der Waals surface area contributed by atoms with Crippen molar-refractivity contribution in [2.45, 2.75) is 12.3 Å². The van der Waals surface area contributed by atoms with Crippen LogP contribution in [-0.2, 0) is 5.33 Å². The summed E-state index contributed by atoms with van der Waals surface area (Å²) in [6.45, 7) is 1.87. The Kier molecular flexibility index (Phi) is 5.69. The second-order valence-electron chi connectivity index (χ2n) is 3.28. The van der Waals surface area contributed by atoms with Crippen molar-refractivity contribution in [1.29, 1.82) is 0 Å². The highest BCUT2D eigenvalue weighted by Gasteiger charge is 1.89. The van der Waals surface area contributed by atoms with E-state index in [1.165, 1.54) is 24.5 Å². The molecule has 17 heavy (non-hydrogen) atoms. The van der Waals surface area contributed by atoms with Gasteiger partial charge in [-0.05, 0) is 30.2 Å². The van der Waals surface area contributed by atoms with Gasteiger partial charge >= 0.3 is 0 Å². The first-order chi connectivity index (χ1) is 8.11. The van der Waals surface area contributed by atoms with E-state index in [1.807, 2.05) is 6.92 Å². The monoisotopic (exact) mass is 300 g/mol. The molecule has 0 saturated heterocycles. The molecule has 5 heteroatoms. The van der Waals surface area contributed by atoms with Crippen LogP contribution in [0.5, 0.6) is 0 Å². The second-order valence-corrected chi connectivity index (χ2v) is 3.84. The van der Waals surface area contributed by atoms with Gasteiger partial charge in [-0.1, -0.05) is 28.1 Å². The van der Waals surface area contributed by atoms with Gasteiger partial charge < -0.3 is 0 Å². The minimum Gasteiger partial charge on any atom is -0.228 e. The minimum absolute atomic E-state index is 0.421. The van der Waals surface area contributed by atoms with Gasteiger partial charge in [0.15, 0.2) is 0 Å². The molecule has 0 aliphatic rings. The lowest BCUT2D eigenvalue weighted by Gasteiger charge is -1.90. The molecule has 2 rings (SSSR count). The summed E-state index contributed by atoms with van der Waals surface area (Å²) in [5, 5.41) is 0.722. The van der Waals surface area contributed by atoms with Crippen LogP contribution in [0.15, 0.2) is 36.7 Å². The summed E-state index contributed by atoms with van der Waals surface area (Å²) >= 11 is 3.22. The number of hydrogen-bond acceptors (Lipinski definition) is 2. The molecule has 0 fully saturated rings. The molecule has 0 bridgehead atoms. The molecular formula is C12H11BrF2N2. The number of rotatable bonds is 1. The van der Waals surface area contributed by atoms with E-state index in [4.69, 9.17) is 0 Å². The van der Waals surface area contributed by atoms with Crippen molar-refractivity contribution >= 4 is 15.9 Å². The highest BCUT2D eigenvalue weighted by molar-refractivity contribution is 9.08. The van der Waals surface area contributed by atoms with Crippen molar-refractivity contribution in [3.63, 3.8) is 0 Å². The van der Waals surface area contributed by atoms with Crippen LogP contribution in [0.1, 0.15) is 11.1 Å². The van der Waals surface area contributed by atoms with Gasteiger partial charge in [-0.15, -0.1) is 0 Å². The summed E-state index contributed by atoms with van der Waals surface area (Å²) in [6.07, 6.45) is 3.00. The smallest absolute Gasteiger partial charge is 0.212 e. The largest absolute Gasteiger partial charge is 0.228 e. The Morgan fingerprint density at radius 1 is 1.00 bits per heavy atom. The van der Waals surface area contributed by atoms with Gasteiger partial charge in [-0.2, -0.15) is 8.78 Å². The molecule has 90 valence electrons. The number of pyridine rings is 2. The van der Waals surface area contributed by atoms with E-state index in [9.17, 15) is 8.78 Å². The fourth-order valence-electron chi connectivity index (χ4n) is 0.935. The van der Waals surface area contributed by atoms with Crippen LogP contribution in [0.3, 0.4) is 0 Å². The maximum absolute atomic E-state index is 12.1. The van der Waals surface area contributed by atoms with Crippen molar-refractivity contribution in [2.24, 2.45) is 0 Å². The Balaban J connectivity index is 0.000000171. The van der Waals surface area contributed by atoms with E-state index >= 15 is 0 Å². The molecule has 0 aliphatic heterocycles. The standard InChI is InChI=1S/C6H5BrFN.C6H6FN/c7-3-5-1-2-6(8)9-4-5;1-5-2-3-6(7)8-4-5/h1-2,4H,3H2;2-4H,1H3. The zero-order valence-electron chi connectivity index (χ0n) is 9.20. The maximum Gasteiger partial charge on any atom is 0.212 e. The van der Waals surface area contributed by atoms with E-state index in [0.29, 0.717) is 0 Å². The molecule has 2 aromatic heterocycles. The van der Waals surface area contributed by atoms with Crippen molar-refractivity contribution in [2.75, 3.05) is 0 Å². The van der Waals surface area contributed by atoms with Crippen LogP contribution >= 0.6 is 15.9 Å². The summed E-state index contributed by atoms with van der Waals surface area (Å²) in [4.78, 5) is 6.87. The molecule has 0 N–H and O–H groups in total. The first kappa shape index (κ1) is 13.7. The van der Waals surface area contributed by atoms with E-state index in [2.05, 4.69) is 25.9 Å². The molecule has 0 aromatic carbocycles. The second kappa shape index (κ2) is 7.06. The molecule has 2 aromatic rings. The average Bonchev–Trinajstić information content (AvgIpc) is 2.35. The molecule has 0 saturated carbocycles. The average molecular weight is 301 g/mol. The van der Waals surface area contributed by atoms with Crippen molar-refractivity contribution < 1.29 is 8.78 Å². The van der Waals surface area contributed by atoms with Crippen LogP contribution in [0.25, 0.3) is 0 Å². The first-order valence-corrected chi connectivity index (χ1v) is 5.98. The van der Waals surface area contributed by atoms with Gasteiger partial charge in [0.05, 0.1) is 0 Å². The number of aryl methyl sites for hydroxylation is 1. The molecular weight excluding hydrogens is 290 g/mol. The predicted octanol–water partition coefficient (Wildman–Crippen LogP) is 3.64. The molecule has 0 spiro atoms. The van der Waals surface area contributed by atoms with Gasteiger partial charge in [0.1, 0.15) is 0 Å². The topological polar surface area (TPSA) is 25.8 Å². The lowest BCUT2D eigenvalue weighted by atomic mass is 10.3. The summed E-state index contributed by atoms with van der Waals surface area (Å²) in [5.74, 6) is -0.852. The highest BCUT2D eigenvalue weighted by atomic mass is 79.9. The van der Waals surface area contributed by atoms with Gasteiger partial charge in [0, 0.05) is 17.7 Å². The minimum atomic E-state index is -0.431. The zero-order chi connectivity index (χ0) is 12.7. The number of alkyl halides is 1. The van der Waals surface area contributed by atoms with E-state index < -0.39 is 11.9 Å². The van der Waals surface area contributed by atoms with Crippen molar-refractivity contribution in [3.8, 4) is 0 Å². The molecule has 0 unspecified atom stereocenters. The third-order valence-electron chi connectivity index (χ3n) is 1.82. The quantitative estimate of drug-likeness (QED) is 0.593. The Morgan fingerprint density at radius 3 is 1.94 bits per heavy atom. The highest BCUT2D eigenvalue weighted by Crippen LogP contribution is 2.02. The summed E-state index contributed by atoms with van der Waals surface area (Å²) in [7, 11) is 0. The van der Waals surface area contributed by atoms with Crippen LogP contribution in [0, 0.1) is 18.8 Å². The third-order valence-corrected chi connectivity index (χ3v) is 2.47. The lowest BCUT2D eigenvalue weighted by molar-refractivity contribution is 0.582. The Labute approximate surface area is 107 Å². The normalized spacial score (nSPS) is 9.41.